The van der Waals surface area contributed by atoms with Gasteiger partial charge in [-0.2, -0.15) is 0 Å². The first-order valence-electron chi connectivity index (χ1n) is 9.49. The van der Waals surface area contributed by atoms with Crippen molar-refractivity contribution in [2.24, 2.45) is 5.73 Å². The molecule has 4 rings (SSSR count). The average Bonchev–Trinajstić information content (AvgIpc) is 3.26. The number of cyclic esters (lactones) is 1. The number of ether oxygens (including phenoxy) is 1. The van der Waals surface area contributed by atoms with Crippen LogP contribution in [-0.4, -0.2) is 60.3 Å². The molecule has 3 heterocycles. The molecule has 160 valence electrons. The first-order chi connectivity index (χ1) is 14.3. The second-order valence-electron chi connectivity index (χ2n) is 7.39. The molecular formula is C19H22F2N6O3. The molecule has 0 aliphatic carbocycles. The van der Waals surface area contributed by atoms with Crippen molar-refractivity contribution >= 4 is 29.2 Å². The fraction of sp³-hybridized carbons (Fsp3) is 0.421. The third-order valence-electron chi connectivity index (χ3n) is 5.34. The average molecular weight is 420 g/mol. The number of nitrogens with zero attached hydrogens (tertiary/aromatic N) is 4. The van der Waals surface area contributed by atoms with Crippen molar-refractivity contribution < 1.29 is 23.1 Å². The summed E-state index contributed by atoms with van der Waals surface area (Å²) in [6, 6.07) is 3.61. The summed E-state index contributed by atoms with van der Waals surface area (Å²) in [7, 11) is 1.93. The van der Waals surface area contributed by atoms with E-state index in [1.54, 1.807) is 19.2 Å². The summed E-state index contributed by atoms with van der Waals surface area (Å²) >= 11 is 0. The summed E-state index contributed by atoms with van der Waals surface area (Å²) in [5, 5.41) is 3.05. The summed E-state index contributed by atoms with van der Waals surface area (Å²) < 4.78 is 33.3. The Morgan fingerprint density at radius 3 is 2.83 bits per heavy atom. The zero-order valence-electron chi connectivity index (χ0n) is 16.5. The molecule has 3 N–H and O–H groups in total. The molecule has 2 aliphatic heterocycles. The van der Waals surface area contributed by atoms with E-state index >= 15 is 0 Å². The highest BCUT2D eigenvalue weighted by atomic mass is 19.3. The number of carbonyl (C=O) groups excluding carboxylic acids is 2. The Balaban J connectivity index is 1.72. The minimum absolute atomic E-state index is 0.137. The summed E-state index contributed by atoms with van der Waals surface area (Å²) in [5.74, 6) is 0.231. The van der Waals surface area contributed by atoms with Gasteiger partial charge in [0.05, 0.1) is 0 Å². The molecular weight excluding hydrogens is 398 g/mol. The maximum atomic E-state index is 13.3. The number of fused-ring (bicyclic) bond motifs is 3. The Kier molecular flexibility index (Phi) is 4.96. The Morgan fingerprint density at radius 2 is 2.13 bits per heavy atom. The SMILES string of the molecule is C[C@H](Nc1ccc2c(c1)N(C)CCn1cc(N3C(=O)OC[C@H]3C(F)F)nc1-2)C(N)=O. The van der Waals surface area contributed by atoms with Crippen LogP contribution < -0.4 is 20.9 Å². The molecule has 0 unspecified atom stereocenters. The van der Waals surface area contributed by atoms with Crippen molar-refractivity contribution in [1.82, 2.24) is 9.55 Å². The minimum Gasteiger partial charge on any atom is -0.447 e. The van der Waals surface area contributed by atoms with Crippen LogP contribution in [0.2, 0.25) is 0 Å². The van der Waals surface area contributed by atoms with Crippen molar-refractivity contribution in [1.29, 1.82) is 0 Å². The van der Waals surface area contributed by atoms with Gasteiger partial charge in [0.1, 0.15) is 24.5 Å². The highest BCUT2D eigenvalue weighted by Crippen LogP contribution is 2.37. The lowest BCUT2D eigenvalue weighted by molar-refractivity contribution is -0.118. The lowest BCUT2D eigenvalue weighted by atomic mass is 10.1. The van der Waals surface area contributed by atoms with Gasteiger partial charge in [-0.05, 0) is 25.1 Å². The van der Waals surface area contributed by atoms with Crippen LogP contribution in [0.1, 0.15) is 6.92 Å². The molecule has 30 heavy (non-hydrogen) atoms. The number of amides is 2. The lowest BCUT2D eigenvalue weighted by Crippen LogP contribution is -2.38. The van der Waals surface area contributed by atoms with Crippen molar-refractivity contribution in [3.63, 3.8) is 0 Å². The van der Waals surface area contributed by atoms with E-state index in [4.69, 9.17) is 10.5 Å². The third-order valence-corrected chi connectivity index (χ3v) is 5.34. The number of aromatic nitrogens is 2. The number of carbonyl (C=O) groups is 2. The quantitative estimate of drug-likeness (QED) is 0.765. The first kappa shape index (κ1) is 19.9. The number of imidazole rings is 1. The van der Waals surface area contributed by atoms with E-state index in [0.717, 1.165) is 16.2 Å². The van der Waals surface area contributed by atoms with Crippen LogP contribution in [-0.2, 0) is 16.1 Å². The van der Waals surface area contributed by atoms with E-state index in [1.807, 2.05) is 28.6 Å². The number of hydrogen-bond acceptors (Lipinski definition) is 6. The van der Waals surface area contributed by atoms with Gasteiger partial charge in [0.15, 0.2) is 5.82 Å². The third kappa shape index (κ3) is 3.40. The van der Waals surface area contributed by atoms with Gasteiger partial charge in [0, 0.05) is 43.3 Å². The Morgan fingerprint density at radius 1 is 1.37 bits per heavy atom. The van der Waals surface area contributed by atoms with Crippen LogP contribution in [0, 0.1) is 0 Å². The summed E-state index contributed by atoms with van der Waals surface area (Å²) in [6.07, 6.45) is -1.97. The van der Waals surface area contributed by atoms with Crippen LogP contribution in [0.4, 0.5) is 30.8 Å². The second-order valence-corrected chi connectivity index (χ2v) is 7.39. The molecule has 1 saturated heterocycles. The smallest absolute Gasteiger partial charge is 0.416 e. The van der Waals surface area contributed by atoms with Crippen molar-refractivity contribution in [2.75, 3.05) is 35.3 Å². The maximum absolute atomic E-state index is 13.3. The van der Waals surface area contributed by atoms with Gasteiger partial charge in [-0.25, -0.2) is 23.5 Å². The van der Waals surface area contributed by atoms with E-state index < -0.39 is 30.5 Å². The maximum Gasteiger partial charge on any atom is 0.416 e. The van der Waals surface area contributed by atoms with Crippen LogP contribution >= 0.6 is 0 Å². The largest absolute Gasteiger partial charge is 0.447 e. The van der Waals surface area contributed by atoms with Crippen LogP contribution in [0.3, 0.4) is 0 Å². The Labute approximate surface area is 171 Å². The molecule has 1 fully saturated rings. The monoisotopic (exact) mass is 420 g/mol. The Bertz CT molecular complexity index is 995. The number of nitrogens with one attached hydrogen (secondary N) is 1. The fourth-order valence-corrected chi connectivity index (χ4v) is 3.61. The zero-order chi connectivity index (χ0) is 21.6. The second kappa shape index (κ2) is 7.47. The molecule has 0 spiro atoms. The molecule has 2 aromatic rings. The standard InChI is InChI=1S/C19H22F2N6O3/c1-10(17(22)28)23-11-3-4-12-13(7-11)25(2)5-6-26-8-15(24-18(12)26)27-14(16(20)21)9-30-19(27)29/h3-4,7-8,10,14,16,23H,5-6,9H2,1-2H3,(H2,22,28)/t10-,14-/m0/s1. The zero-order valence-corrected chi connectivity index (χ0v) is 16.5. The van der Waals surface area contributed by atoms with Gasteiger partial charge in [-0.1, -0.05) is 0 Å². The highest BCUT2D eigenvalue weighted by Gasteiger charge is 2.42. The summed E-state index contributed by atoms with van der Waals surface area (Å²) in [4.78, 5) is 30.8. The number of nitrogens with two attached hydrogens (primary N) is 1. The molecule has 2 aliphatic rings. The van der Waals surface area contributed by atoms with Crippen molar-refractivity contribution in [3.8, 4) is 11.4 Å². The number of benzene rings is 1. The summed E-state index contributed by atoms with van der Waals surface area (Å²) in [6.45, 7) is 2.49. The van der Waals surface area contributed by atoms with Gasteiger partial charge in [0.2, 0.25) is 5.91 Å². The predicted molar refractivity (Wildman–Crippen MR) is 107 cm³/mol. The molecule has 9 nitrogen and oxygen atoms in total. The number of anilines is 3. The number of rotatable bonds is 5. The number of alkyl halides is 2. The van der Waals surface area contributed by atoms with Gasteiger partial charge < -0.3 is 25.3 Å². The fourth-order valence-electron chi connectivity index (χ4n) is 3.61. The normalized spacial score (nSPS) is 19.2. The topological polar surface area (TPSA) is 106 Å². The Hall–Kier alpha value is -3.37. The van der Waals surface area contributed by atoms with Crippen LogP contribution in [0.25, 0.3) is 11.4 Å². The molecule has 2 atom stereocenters. The van der Waals surface area contributed by atoms with Gasteiger partial charge in [-0.3, -0.25) is 4.79 Å². The molecule has 1 aromatic heterocycles. The molecule has 0 bridgehead atoms. The molecule has 0 radical (unpaired) electrons. The van der Waals surface area contributed by atoms with E-state index in [2.05, 4.69) is 10.3 Å². The highest BCUT2D eigenvalue weighted by molar-refractivity contribution is 5.90. The minimum atomic E-state index is -2.74. The first-order valence-corrected chi connectivity index (χ1v) is 9.49. The van der Waals surface area contributed by atoms with Crippen LogP contribution in [0.5, 0.6) is 0 Å². The number of hydrogen-bond donors (Lipinski definition) is 2. The molecule has 0 saturated carbocycles. The summed E-state index contributed by atoms with van der Waals surface area (Å²) in [5.41, 5.74) is 7.66. The van der Waals surface area contributed by atoms with Gasteiger partial charge in [0.25, 0.3) is 6.43 Å². The van der Waals surface area contributed by atoms with E-state index in [9.17, 15) is 18.4 Å². The van der Waals surface area contributed by atoms with E-state index in [0.29, 0.717) is 24.6 Å². The predicted octanol–water partition coefficient (Wildman–Crippen LogP) is 1.88. The molecule has 1 aromatic carbocycles. The van der Waals surface area contributed by atoms with Crippen LogP contribution in [0.15, 0.2) is 24.4 Å². The van der Waals surface area contributed by atoms with E-state index in [1.165, 1.54) is 0 Å². The van der Waals surface area contributed by atoms with E-state index in [-0.39, 0.29) is 12.4 Å². The van der Waals surface area contributed by atoms with Gasteiger partial charge >= 0.3 is 6.09 Å². The molecule has 2 amide bonds. The van der Waals surface area contributed by atoms with Crippen molar-refractivity contribution in [2.45, 2.75) is 32.0 Å². The number of primary amides is 1. The van der Waals surface area contributed by atoms with Gasteiger partial charge in [-0.15, -0.1) is 0 Å². The lowest BCUT2D eigenvalue weighted by Gasteiger charge is -2.21. The molecule has 11 heteroatoms. The number of halogens is 2. The number of likely N-dealkylation sites (N-methyl/N-ethyl adjacent to an activating group) is 1. The van der Waals surface area contributed by atoms with Crippen molar-refractivity contribution in [3.05, 3.63) is 24.4 Å².